The van der Waals surface area contributed by atoms with Crippen molar-refractivity contribution in [1.82, 2.24) is 0 Å². The molecule has 0 radical (unpaired) electrons. The van der Waals surface area contributed by atoms with Crippen LogP contribution in [0.4, 0.5) is 0 Å². The van der Waals surface area contributed by atoms with E-state index >= 15 is 0 Å². The zero-order valence-electron chi connectivity index (χ0n) is 3.55. The summed E-state index contributed by atoms with van der Waals surface area (Å²) >= 11 is 3.90. The van der Waals surface area contributed by atoms with Gasteiger partial charge < -0.3 is 10.7 Å². The van der Waals surface area contributed by atoms with Gasteiger partial charge in [0.1, 0.15) is 0 Å². The Balaban J connectivity index is 2.34. The normalized spacial score (nSPS) is 9.00. The van der Waals surface area contributed by atoms with Gasteiger partial charge in [-0.25, -0.2) is 0 Å². The van der Waals surface area contributed by atoms with E-state index in [4.69, 9.17) is 0 Å². The molecule has 2 N–H and O–H groups in total. The fourth-order valence-corrected chi connectivity index (χ4v) is 0.357. The number of hydrogen-bond acceptors (Lipinski definition) is 2. The molecule has 0 saturated heterocycles. The third-order valence-corrected chi connectivity index (χ3v) is 0.796. The lowest BCUT2D eigenvalue weighted by atomic mass is 10.5. The maximum absolute atomic E-state index is 9.53. The molecular formula is C3H9NOS. The van der Waals surface area contributed by atoms with E-state index in [1.165, 1.54) is 0 Å². The van der Waals surface area contributed by atoms with Crippen LogP contribution < -0.4 is 5.48 Å². The van der Waals surface area contributed by atoms with E-state index < -0.39 is 0 Å². The van der Waals surface area contributed by atoms with Gasteiger partial charge >= 0.3 is 0 Å². The maximum Gasteiger partial charge on any atom is 0.0760 e. The van der Waals surface area contributed by atoms with E-state index in [0.717, 1.165) is 17.7 Å². The summed E-state index contributed by atoms with van der Waals surface area (Å²) in [5, 5.41) is 9.53. The first kappa shape index (κ1) is 6.27. The molecule has 3 heteroatoms. The van der Waals surface area contributed by atoms with Gasteiger partial charge in [-0.15, -0.1) is 0 Å². The van der Waals surface area contributed by atoms with E-state index in [2.05, 4.69) is 12.6 Å². The molecule has 0 amide bonds. The summed E-state index contributed by atoms with van der Waals surface area (Å²) in [5.74, 6) is 0.818. The molecule has 0 heterocycles. The van der Waals surface area contributed by atoms with Gasteiger partial charge in [-0.05, 0) is 5.75 Å². The van der Waals surface area contributed by atoms with Crippen LogP contribution in [-0.2, 0) is 0 Å². The molecule has 0 rings (SSSR count). The van der Waals surface area contributed by atoms with Gasteiger partial charge in [-0.2, -0.15) is 12.6 Å². The second-order valence-electron chi connectivity index (χ2n) is 1.03. The first-order valence-electron chi connectivity index (χ1n) is 1.96. The van der Waals surface area contributed by atoms with Crippen molar-refractivity contribution in [3.8, 4) is 0 Å². The van der Waals surface area contributed by atoms with Gasteiger partial charge in [-0.3, -0.25) is 0 Å². The third kappa shape index (κ3) is 4.27. The summed E-state index contributed by atoms with van der Waals surface area (Å²) in [6.45, 7) is 0.656. The minimum atomic E-state index is 0.656. The van der Waals surface area contributed by atoms with E-state index in [-0.39, 0.29) is 0 Å². The molecular weight excluding hydrogens is 98.1 g/mol. The van der Waals surface area contributed by atoms with Gasteiger partial charge in [0.2, 0.25) is 0 Å². The molecule has 0 atom stereocenters. The van der Waals surface area contributed by atoms with Crippen molar-refractivity contribution in [3.05, 3.63) is 5.21 Å². The van der Waals surface area contributed by atoms with Gasteiger partial charge in [0.15, 0.2) is 0 Å². The zero-order chi connectivity index (χ0) is 4.83. The van der Waals surface area contributed by atoms with Crippen molar-refractivity contribution in [1.29, 1.82) is 0 Å². The Morgan fingerprint density at radius 3 is 2.50 bits per heavy atom. The van der Waals surface area contributed by atoms with Crippen molar-refractivity contribution in [2.45, 2.75) is 6.42 Å². The third-order valence-electron chi connectivity index (χ3n) is 0.480. The molecule has 0 aliphatic heterocycles. The highest BCUT2D eigenvalue weighted by molar-refractivity contribution is 7.80. The summed E-state index contributed by atoms with van der Waals surface area (Å²) in [6.07, 6.45) is 0.909. The van der Waals surface area contributed by atoms with Gasteiger partial charge in [-0.1, -0.05) is 0 Å². The Morgan fingerprint density at radius 2 is 2.33 bits per heavy atom. The van der Waals surface area contributed by atoms with Crippen molar-refractivity contribution < 1.29 is 5.48 Å². The van der Waals surface area contributed by atoms with E-state index in [1.54, 1.807) is 0 Å². The predicted molar refractivity (Wildman–Crippen MR) is 28.6 cm³/mol. The lowest BCUT2D eigenvalue weighted by Gasteiger charge is -1.96. The van der Waals surface area contributed by atoms with Gasteiger partial charge in [0.25, 0.3) is 0 Å². The predicted octanol–water partition coefficient (Wildman–Crippen LogP) is -0.632. The van der Waals surface area contributed by atoms with Crippen LogP contribution in [-0.4, -0.2) is 12.3 Å². The molecule has 0 spiro atoms. The van der Waals surface area contributed by atoms with Gasteiger partial charge in [0.05, 0.1) is 6.54 Å². The Labute approximate surface area is 42.9 Å². The molecule has 0 aliphatic rings. The number of nitrogens with two attached hydrogens (primary N) is 1. The average Bonchev–Trinajstić information content (AvgIpc) is 1.61. The highest BCUT2D eigenvalue weighted by Crippen LogP contribution is 1.74. The molecule has 0 saturated carbocycles. The molecule has 38 valence electrons. The number of hydroxylamine groups is 1. The van der Waals surface area contributed by atoms with Gasteiger partial charge in [0, 0.05) is 6.42 Å². The largest absolute Gasteiger partial charge is 0.636 e. The summed E-state index contributed by atoms with van der Waals surface area (Å²) < 4.78 is 0. The first-order chi connectivity index (χ1) is 2.91. The Morgan fingerprint density at radius 1 is 1.67 bits per heavy atom. The summed E-state index contributed by atoms with van der Waals surface area (Å²) in [5.41, 5.74) is 0.913. The van der Waals surface area contributed by atoms with Crippen LogP contribution in [0.2, 0.25) is 0 Å². The van der Waals surface area contributed by atoms with Crippen LogP contribution in [0, 0.1) is 5.21 Å². The second-order valence-corrected chi connectivity index (χ2v) is 1.48. The Bertz CT molecular complexity index is 22.8. The number of hydrogen-bond donors (Lipinski definition) is 2. The summed E-state index contributed by atoms with van der Waals surface area (Å²) in [7, 11) is 0. The van der Waals surface area contributed by atoms with Crippen LogP contribution in [0.15, 0.2) is 0 Å². The maximum atomic E-state index is 9.53. The van der Waals surface area contributed by atoms with E-state index in [0.29, 0.717) is 6.54 Å². The zero-order valence-corrected chi connectivity index (χ0v) is 4.45. The van der Waals surface area contributed by atoms with E-state index in [1.807, 2.05) is 0 Å². The summed E-state index contributed by atoms with van der Waals surface area (Å²) in [6, 6.07) is 0. The van der Waals surface area contributed by atoms with Crippen LogP contribution in [0.5, 0.6) is 0 Å². The first-order valence-corrected chi connectivity index (χ1v) is 2.59. The molecule has 0 aliphatic carbocycles. The molecule has 0 aromatic heterocycles. The molecule has 0 aromatic rings. The number of thiol groups is 1. The Hall–Kier alpha value is 0.270. The van der Waals surface area contributed by atoms with Crippen LogP contribution >= 0.6 is 12.6 Å². The number of rotatable bonds is 3. The van der Waals surface area contributed by atoms with E-state index in [9.17, 15) is 5.21 Å². The number of quaternary nitrogens is 1. The smallest absolute Gasteiger partial charge is 0.0760 e. The lowest BCUT2D eigenvalue weighted by Crippen LogP contribution is -2.77. The molecule has 0 fully saturated rings. The SMILES string of the molecule is [O-][NH2+]CCCS. The standard InChI is InChI=1S/C3H9NOS/c5-4-2-1-3-6/h6H,1-4H2. The highest BCUT2D eigenvalue weighted by Gasteiger charge is 1.75. The molecule has 0 unspecified atom stereocenters. The van der Waals surface area contributed by atoms with Crippen molar-refractivity contribution in [2.24, 2.45) is 0 Å². The second kappa shape index (κ2) is 5.27. The minimum Gasteiger partial charge on any atom is -0.636 e. The van der Waals surface area contributed by atoms with Crippen molar-refractivity contribution >= 4 is 12.6 Å². The van der Waals surface area contributed by atoms with Crippen molar-refractivity contribution in [3.63, 3.8) is 0 Å². The monoisotopic (exact) mass is 107 g/mol. The molecule has 2 nitrogen and oxygen atoms in total. The molecule has 0 bridgehead atoms. The minimum absolute atomic E-state index is 0.656. The Kier molecular flexibility index (Phi) is 5.51. The fourth-order valence-electron chi connectivity index (χ4n) is 0.175. The summed E-state index contributed by atoms with van der Waals surface area (Å²) in [4.78, 5) is 0. The van der Waals surface area contributed by atoms with Crippen molar-refractivity contribution in [2.75, 3.05) is 12.3 Å². The fraction of sp³-hybridized carbons (Fsp3) is 1.00. The van der Waals surface area contributed by atoms with Crippen LogP contribution in [0.1, 0.15) is 6.42 Å². The highest BCUT2D eigenvalue weighted by atomic mass is 32.1. The average molecular weight is 107 g/mol. The van der Waals surface area contributed by atoms with Crippen LogP contribution in [0.25, 0.3) is 0 Å². The lowest BCUT2D eigenvalue weighted by molar-refractivity contribution is -0.588. The quantitative estimate of drug-likeness (QED) is 0.281. The molecule has 6 heavy (non-hydrogen) atoms. The molecule has 0 aromatic carbocycles. The topological polar surface area (TPSA) is 39.7 Å². The van der Waals surface area contributed by atoms with Crippen LogP contribution in [0.3, 0.4) is 0 Å².